The molecule has 4 rings (SSSR count). The molecule has 1 aliphatic heterocycles. The van der Waals surface area contributed by atoms with Gasteiger partial charge in [0.05, 0.1) is 10.2 Å². The molecule has 0 radical (unpaired) electrons. The van der Waals surface area contributed by atoms with Crippen LogP contribution in [0.4, 0.5) is 5.69 Å². The predicted molar refractivity (Wildman–Crippen MR) is 117 cm³/mol. The third-order valence-electron chi connectivity index (χ3n) is 5.18. The molecule has 1 aliphatic rings. The van der Waals surface area contributed by atoms with Crippen molar-refractivity contribution in [2.45, 2.75) is 25.4 Å². The summed E-state index contributed by atoms with van der Waals surface area (Å²) in [4.78, 5) is 18.3. The Balaban J connectivity index is 1.33. The zero-order valence-electron chi connectivity index (χ0n) is 16.0. The monoisotopic (exact) mass is 408 g/mol. The van der Waals surface area contributed by atoms with Crippen molar-refractivity contribution in [1.29, 1.82) is 0 Å². The lowest BCUT2D eigenvalue weighted by molar-refractivity contribution is -0.124. The van der Waals surface area contributed by atoms with Crippen LogP contribution in [0, 0.1) is 0 Å². The van der Waals surface area contributed by atoms with Crippen LogP contribution in [0.5, 0.6) is 0 Å². The molecule has 0 aliphatic carbocycles. The summed E-state index contributed by atoms with van der Waals surface area (Å²) < 4.78 is 1.23. The first-order valence-electron chi connectivity index (χ1n) is 9.77. The molecule has 2 heterocycles. The number of nitrogens with zero attached hydrogens (tertiary/aromatic N) is 2. The van der Waals surface area contributed by atoms with Crippen LogP contribution in [0.15, 0.2) is 54.6 Å². The zero-order valence-corrected chi connectivity index (χ0v) is 16.9. The number of benzene rings is 2. The number of hydrogen-bond donors (Lipinski definition) is 3. The number of rotatable bonds is 6. The maximum Gasteiger partial charge on any atom is 0.267 e. The average molecular weight is 409 g/mol. The van der Waals surface area contributed by atoms with Gasteiger partial charge in [-0.05, 0) is 42.7 Å². The second kappa shape index (κ2) is 9.17. The lowest BCUT2D eigenvalue weighted by Gasteiger charge is -2.34. The van der Waals surface area contributed by atoms with E-state index in [1.807, 2.05) is 24.3 Å². The van der Waals surface area contributed by atoms with E-state index < -0.39 is 5.91 Å². The van der Waals surface area contributed by atoms with Crippen LogP contribution in [0.1, 0.15) is 23.4 Å². The van der Waals surface area contributed by atoms with Crippen molar-refractivity contribution in [3.63, 3.8) is 0 Å². The number of amides is 1. The van der Waals surface area contributed by atoms with E-state index >= 15 is 0 Å². The number of hydrogen-bond acceptors (Lipinski definition) is 6. The van der Waals surface area contributed by atoms with Gasteiger partial charge >= 0.3 is 0 Å². The second-order valence-electron chi connectivity index (χ2n) is 7.09. The summed E-state index contributed by atoms with van der Waals surface area (Å²) in [6.07, 6.45) is 5.18. The largest absolute Gasteiger partial charge is 0.371 e. The van der Waals surface area contributed by atoms with Gasteiger partial charge in [0.2, 0.25) is 0 Å². The third kappa shape index (κ3) is 4.82. The minimum Gasteiger partial charge on any atom is -0.371 e. The topological polar surface area (TPSA) is 77.5 Å². The number of carbonyl (C=O) groups is 1. The van der Waals surface area contributed by atoms with E-state index in [-0.39, 0.29) is 0 Å². The Morgan fingerprint density at radius 2 is 1.93 bits per heavy atom. The smallest absolute Gasteiger partial charge is 0.267 e. The summed E-state index contributed by atoms with van der Waals surface area (Å²) in [7, 11) is 0. The van der Waals surface area contributed by atoms with Gasteiger partial charge in [-0.1, -0.05) is 30.3 Å². The lowest BCUT2D eigenvalue weighted by Crippen LogP contribution is -2.42. The zero-order chi connectivity index (χ0) is 20.1. The minimum absolute atomic E-state index is 0.473. The molecule has 29 heavy (non-hydrogen) atoms. The Morgan fingerprint density at radius 3 is 2.72 bits per heavy atom. The number of nitrogens with one attached hydrogen (secondary N) is 2. The first kappa shape index (κ1) is 19.6. The van der Waals surface area contributed by atoms with Gasteiger partial charge in [-0.2, -0.15) is 0 Å². The molecule has 1 saturated heterocycles. The molecule has 1 amide bonds. The Labute approximate surface area is 173 Å². The molecule has 0 unspecified atom stereocenters. The van der Waals surface area contributed by atoms with Crippen molar-refractivity contribution in [1.82, 2.24) is 15.8 Å². The van der Waals surface area contributed by atoms with Crippen LogP contribution in [-0.2, 0) is 11.3 Å². The molecule has 0 spiro atoms. The highest BCUT2D eigenvalue weighted by Crippen LogP contribution is 2.26. The summed E-state index contributed by atoms with van der Waals surface area (Å²) in [5.41, 5.74) is 4.78. The molecule has 7 heteroatoms. The van der Waals surface area contributed by atoms with Crippen molar-refractivity contribution in [3.05, 3.63) is 65.2 Å². The molecule has 0 saturated carbocycles. The fourth-order valence-corrected chi connectivity index (χ4v) is 4.59. The number of para-hydroxylation sites is 2. The molecule has 3 aromatic rings. The molecule has 150 valence electrons. The average Bonchev–Trinajstić information content (AvgIpc) is 3.20. The highest BCUT2D eigenvalue weighted by Gasteiger charge is 2.20. The molecule has 0 bridgehead atoms. The standard InChI is InChI=1S/C22H24N4O2S/c27-21(25-28)10-9-16-5-1-3-7-19(16)26-13-11-17(12-14-26)23-15-22-24-18-6-2-4-8-20(18)29-22/h1-10,17,23,28H,11-15H2,(H,25,27). The van der Waals surface area contributed by atoms with Crippen LogP contribution >= 0.6 is 11.3 Å². The molecule has 1 fully saturated rings. The Morgan fingerprint density at radius 1 is 1.17 bits per heavy atom. The van der Waals surface area contributed by atoms with E-state index in [1.165, 1.54) is 10.8 Å². The third-order valence-corrected chi connectivity index (χ3v) is 6.21. The van der Waals surface area contributed by atoms with Gasteiger partial charge in [0.25, 0.3) is 5.91 Å². The van der Waals surface area contributed by atoms with Crippen molar-refractivity contribution in [2.24, 2.45) is 0 Å². The number of carbonyl (C=O) groups excluding carboxylic acids is 1. The maximum atomic E-state index is 11.3. The summed E-state index contributed by atoms with van der Waals surface area (Å²) in [5.74, 6) is -0.530. The van der Waals surface area contributed by atoms with Crippen LogP contribution in [0.2, 0.25) is 0 Å². The number of piperidine rings is 1. The van der Waals surface area contributed by atoms with E-state index in [4.69, 9.17) is 10.2 Å². The summed E-state index contributed by atoms with van der Waals surface area (Å²) >= 11 is 1.75. The van der Waals surface area contributed by atoms with Gasteiger partial charge in [-0.25, -0.2) is 10.5 Å². The van der Waals surface area contributed by atoms with Crippen LogP contribution in [0.3, 0.4) is 0 Å². The Hall–Kier alpha value is -2.74. The maximum absolute atomic E-state index is 11.3. The fraction of sp³-hybridized carbons (Fsp3) is 0.273. The van der Waals surface area contributed by atoms with E-state index in [0.29, 0.717) is 6.04 Å². The van der Waals surface area contributed by atoms with Crippen LogP contribution in [0.25, 0.3) is 16.3 Å². The lowest BCUT2D eigenvalue weighted by atomic mass is 10.0. The molecule has 2 aromatic carbocycles. The summed E-state index contributed by atoms with van der Waals surface area (Å²) in [5, 5.41) is 13.5. The second-order valence-corrected chi connectivity index (χ2v) is 8.20. The normalized spacial score (nSPS) is 15.3. The van der Waals surface area contributed by atoms with Crippen LogP contribution in [-0.4, -0.2) is 35.2 Å². The Kier molecular flexibility index (Phi) is 6.19. The van der Waals surface area contributed by atoms with Crippen molar-refractivity contribution < 1.29 is 10.0 Å². The molecule has 6 nitrogen and oxygen atoms in total. The molecule has 3 N–H and O–H groups in total. The fourth-order valence-electron chi connectivity index (χ4n) is 3.67. The van der Waals surface area contributed by atoms with Gasteiger partial charge in [0, 0.05) is 37.4 Å². The van der Waals surface area contributed by atoms with Gasteiger partial charge < -0.3 is 10.2 Å². The van der Waals surface area contributed by atoms with E-state index in [2.05, 4.69) is 34.5 Å². The van der Waals surface area contributed by atoms with Gasteiger partial charge in [-0.3, -0.25) is 10.0 Å². The number of fused-ring (bicyclic) bond motifs is 1. The number of anilines is 1. The van der Waals surface area contributed by atoms with E-state index in [1.54, 1.807) is 22.9 Å². The molecular weight excluding hydrogens is 384 g/mol. The first-order valence-corrected chi connectivity index (χ1v) is 10.6. The van der Waals surface area contributed by atoms with Crippen molar-refractivity contribution in [3.8, 4) is 0 Å². The van der Waals surface area contributed by atoms with Gasteiger partial charge in [0.15, 0.2) is 0 Å². The SMILES string of the molecule is O=C(C=Cc1ccccc1N1CCC(NCc2nc3ccccc3s2)CC1)NO. The summed E-state index contributed by atoms with van der Waals surface area (Å²) in [6, 6.07) is 16.7. The number of aromatic nitrogens is 1. The van der Waals surface area contributed by atoms with E-state index in [9.17, 15) is 4.79 Å². The summed E-state index contributed by atoms with van der Waals surface area (Å²) in [6.45, 7) is 2.71. The molecule has 1 aromatic heterocycles. The molecular formula is C22H24N4O2S. The Bertz CT molecular complexity index is 976. The van der Waals surface area contributed by atoms with Crippen molar-refractivity contribution in [2.75, 3.05) is 18.0 Å². The van der Waals surface area contributed by atoms with Crippen LogP contribution < -0.4 is 15.7 Å². The van der Waals surface area contributed by atoms with Crippen molar-refractivity contribution >= 4 is 39.2 Å². The first-order chi connectivity index (χ1) is 14.2. The minimum atomic E-state index is -0.530. The highest BCUT2D eigenvalue weighted by molar-refractivity contribution is 7.18. The van der Waals surface area contributed by atoms with Gasteiger partial charge in [-0.15, -0.1) is 11.3 Å². The number of thiazole rings is 1. The highest BCUT2D eigenvalue weighted by atomic mass is 32.1. The van der Waals surface area contributed by atoms with E-state index in [0.717, 1.165) is 54.3 Å². The predicted octanol–water partition coefficient (Wildman–Crippen LogP) is 3.57. The molecule has 0 atom stereocenters. The quantitative estimate of drug-likeness (QED) is 0.330. The number of hydroxylamine groups is 1. The van der Waals surface area contributed by atoms with Gasteiger partial charge in [0.1, 0.15) is 5.01 Å².